The quantitative estimate of drug-likeness (QED) is 0.789. The monoisotopic (exact) mass is 378 g/mol. The summed E-state index contributed by atoms with van der Waals surface area (Å²) in [5, 5.41) is 4.11. The van der Waals surface area contributed by atoms with Crippen LogP contribution in [-0.2, 0) is 22.7 Å². The molecule has 0 fully saturated rings. The molecule has 0 saturated heterocycles. The van der Waals surface area contributed by atoms with E-state index in [0.717, 1.165) is 11.1 Å². The van der Waals surface area contributed by atoms with Crippen LogP contribution in [0.15, 0.2) is 48.5 Å². The summed E-state index contributed by atoms with van der Waals surface area (Å²) >= 11 is 12.0. The molecule has 0 saturated carbocycles. The number of benzene rings is 2. The van der Waals surface area contributed by atoms with Gasteiger partial charge in [0.1, 0.15) is 0 Å². The number of hydrogen-bond acceptors (Lipinski definition) is 2. The Morgan fingerprint density at radius 2 is 1.72 bits per heavy atom. The molecule has 0 radical (unpaired) electrons. The summed E-state index contributed by atoms with van der Waals surface area (Å²) in [4.78, 5) is 25.5. The van der Waals surface area contributed by atoms with Crippen molar-refractivity contribution in [1.82, 2.24) is 10.2 Å². The zero-order chi connectivity index (χ0) is 18.2. The van der Waals surface area contributed by atoms with E-state index in [0.29, 0.717) is 29.7 Å². The molecule has 0 aromatic heterocycles. The van der Waals surface area contributed by atoms with Crippen molar-refractivity contribution in [1.29, 1.82) is 0 Å². The molecule has 0 bridgehead atoms. The van der Waals surface area contributed by atoms with E-state index in [-0.39, 0.29) is 18.2 Å². The Hall–Kier alpha value is -2.04. The molecule has 2 aromatic rings. The van der Waals surface area contributed by atoms with E-state index in [1.807, 2.05) is 30.3 Å². The third-order valence-electron chi connectivity index (χ3n) is 3.78. The number of nitrogens with one attached hydrogen (secondary N) is 1. The predicted molar refractivity (Wildman–Crippen MR) is 100 cm³/mol. The summed E-state index contributed by atoms with van der Waals surface area (Å²) in [5.41, 5.74) is 1.83. The van der Waals surface area contributed by atoms with Gasteiger partial charge in [-0.05, 0) is 29.3 Å². The molecule has 0 aliphatic heterocycles. The lowest BCUT2D eigenvalue weighted by molar-refractivity contribution is -0.130. The van der Waals surface area contributed by atoms with Gasteiger partial charge in [0.15, 0.2) is 0 Å². The van der Waals surface area contributed by atoms with Gasteiger partial charge >= 0.3 is 0 Å². The van der Waals surface area contributed by atoms with E-state index < -0.39 is 0 Å². The number of amides is 2. The molecule has 2 amide bonds. The first kappa shape index (κ1) is 19.3. The summed E-state index contributed by atoms with van der Waals surface area (Å²) in [6, 6.07) is 14.7. The molecule has 0 aliphatic carbocycles. The van der Waals surface area contributed by atoms with Crippen molar-refractivity contribution in [2.24, 2.45) is 0 Å². The van der Waals surface area contributed by atoms with Crippen LogP contribution in [0.2, 0.25) is 10.0 Å². The number of carbonyl (C=O) groups is 2. The van der Waals surface area contributed by atoms with Gasteiger partial charge in [0.2, 0.25) is 11.8 Å². The second kappa shape index (κ2) is 9.44. The van der Waals surface area contributed by atoms with Gasteiger partial charge in [0.05, 0.1) is 0 Å². The highest BCUT2D eigenvalue weighted by Crippen LogP contribution is 2.17. The van der Waals surface area contributed by atoms with Gasteiger partial charge in [0.25, 0.3) is 0 Å². The third kappa shape index (κ3) is 6.40. The smallest absolute Gasteiger partial charge is 0.222 e. The summed E-state index contributed by atoms with van der Waals surface area (Å²) in [6.07, 6.45) is 0.234. The predicted octanol–water partition coefficient (Wildman–Crippen LogP) is 4.05. The lowest BCUT2D eigenvalue weighted by atomic mass is 10.2. The van der Waals surface area contributed by atoms with Crippen LogP contribution >= 0.6 is 23.2 Å². The van der Waals surface area contributed by atoms with Crippen LogP contribution in [0.3, 0.4) is 0 Å². The van der Waals surface area contributed by atoms with Crippen molar-refractivity contribution < 1.29 is 9.59 Å². The topological polar surface area (TPSA) is 49.4 Å². The largest absolute Gasteiger partial charge is 0.352 e. The highest BCUT2D eigenvalue weighted by atomic mass is 35.5. The van der Waals surface area contributed by atoms with Gasteiger partial charge < -0.3 is 10.2 Å². The van der Waals surface area contributed by atoms with E-state index in [2.05, 4.69) is 5.32 Å². The highest BCUT2D eigenvalue weighted by Gasteiger charge is 2.13. The van der Waals surface area contributed by atoms with Crippen molar-refractivity contribution in [2.75, 3.05) is 6.54 Å². The maximum Gasteiger partial charge on any atom is 0.222 e. The summed E-state index contributed by atoms with van der Waals surface area (Å²) in [7, 11) is 0. The first-order chi connectivity index (χ1) is 12.0. The molecule has 0 unspecified atom stereocenters. The average molecular weight is 379 g/mol. The molecule has 0 atom stereocenters. The van der Waals surface area contributed by atoms with Gasteiger partial charge in [-0.1, -0.05) is 53.5 Å². The fourth-order valence-corrected chi connectivity index (χ4v) is 2.63. The minimum Gasteiger partial charge on any atom is -0.352 e. The number of hydrogen-bond donors (Lipinski definition) is 1. The van der Waals surface area contributed by atoms with Gasteiger partial charge in [-0.25, -0.2) is 0 Å². The lowest BCUT2D eigenvalue weighted by Crippen LogP contribution is -2.33. The number of nitrogens with zero attached hydrogens (tertiary/aromatic N) is 1. The Kier molecular flexibility index (Phi) is 7.29. The number of carbonyl (C=O) groups excluding carboxylic acids is 2. The molecule has 0 spiro atoms. The van der Waals surface area contributed by atoms with Crippen molar-refractivity contribution in [3.8, 4) is 0 Å². The second-order valence-electron chi connectivity index (χ2n) is 5.69. The Bertz CT molecular complexity index is 732. The van der Waals surface area contributed by atoms with E-state index in [9.17, 15) is 9.59 Å². The molecule has 25 heavy (non-hydrogen) atoms. The van der Waals surface area contributed by atoms with Crippen molar-refractivity contribution >= 4 is 35.0 Å². The van der Waals surface area contributed by atoms with Gasteiger partial charge in [-0.2, -0.15) is 0 Å². The summed E-state index contributed by atoms with van der Waals surface area (Å²) < 4.78 is 0. The number of rotatable bonds is 7. The molecule has 2 aromatic carbocycles. The number of halogens is 2. The van der Waals surface area contributed by atoms with Crippen molar-refractivity contribution in [2.45, 2.75) is 26.4 Å². The third-order valence-corrected chi connectivity index (χ3v) is 4.40. The SMILES string of the molecule is CC(=O)N(CCC(=O)NCc1ccc(Cl)cc1)Cc1ccccc1Cl. The molecule has 132 valence electrons. The highest BCUT2D eigenvalue weighted by molar-refractivity contribution is 6.31. The first-order valence-corrected chi connectivity index (χ1v) is 8.71. The van der Waals surface area contributed by atoms with E-state index in [1.165, 1.54) is 6.92 Å². The van der Waals surface area contributed by atoms with Crippen LogP contribution in [0, 0.1) is 0 Å². The van der Waals surface area contributed by atoms with Gasteiger partial charge in [0, 0.05) is 43.0 Å². The lowest BCUT2D eigenvalue weighted by Gasteiger charge is -2.21. The molecule has 2 rings (SSSR count). The average Bonchev–Trinajstić information content (AvgIpc) is 2.59. The second-order valence-corrected chi connectivity index (χ2v) is 6.53. The van der Waals surface area contributed by atoms with Crippen molar-refractivity contribution in [3.63, 3.8) is 0 Å². The van der Waals surface area contributed by atoms with Crippen LogP contribution in [-0.4, -0.2) is 23.3 Å². The minimum atomic E-state index is -0.111. The molecule has 0 aliphatic rings. The fraction of sp³-hybridized carbons (Fsp3) is 0.263. The minimum absolute atomic E-state index is 0.0922. The summed E-state index contributed by atoms with van der Waals surface area (Å²) in [5.74, 6) is -0.203. The molecule has 4 nitrogen and oxygen atoms in total. The maximum atomic E-state index is 12.0. The Morgan fingerprint density at radius 3 is 2.36 bits per heavy atom. The van der Waals surface area contributed by atoms with Crippen molar-refractivity contribution in [3.05, 3.63) is 69.7 Å². The van der Waals surface area contributed by atoms with Gasteiger partial charge in [-0.3, -0.25) is 9.59 Å². The van der Waals surface area contributed by atoms with E-state index >= 15 is 0 Å². The molecular weight excluding hydrogens is 359 g/mol. The Balaban J connectivity index is 1.83. The first-order valence-electron chi connectivity index (χ1n) is 7.96. The van der Waals surface area contributed by atoms with Gasteiger partial charge in [-0.15, -0.1) is 0 Å². The normalized spacial score (nSPS) is 10.4. The zero-order valence-electron chi connectivity index (χ0n) is 14.0. The summed E-state index contributed by atoms with van der Waals surface area (Å²) in [6.45, 7) is 2.65. The van der Waals surface area contributed by atoms with E-state index in [4.69, 9.17) is 23.2 Å². The van der Waals surface area contributed by atoms with Crippen LogP contribution in [0.1, 0.15) is 24.5 Å². The van der Waals surface area contributed by atoms with Crippen LogP contribution in [0.25, 0.3) is 0 Å². The molecule has 1 N–H and O–H groups in total. The van der Waals surface area contributed by atoms with E-state index in [1.54, 1.807) is 23.1 Å². The molecular formula is C19H20Cl2N2O2. The zero-order valence-corrected chi connectivity index (χ0v) is 15.5. The Morgan fingerprint density at radius 1 is 1.04 bits per heavy atom. The maximum absolute atomic E-state index is 12.0. The van der Waals surface area contributed by atoms with Crippen LogP contribution < -0.4 is 5.32 Å². The fourth-order valence-electron chi connectivity index (χ4n) is 2.31. The van der Waals surface area contributed by atoms with Crippen LogP contribution in [0.5, 0.6) is 0 Å². The Labute approximate surface area is 157 Å². The molecule has 0 heterocycles. The van der Waals surface area contributed by atoms with Crippen LogP contribution in [0.4, 0.5) is 0 Å². The standard InChI is InChI=1S/C19H20Cl2N2O2/c1-14(24)23(13-16-4-2-3-5-18(16)21)11-10-19(25)22-12-15-6-8-17(20)9-7-15/h2-9H,10-13H2,1H3,(H,22,25). The molecule has 6 heteroatoms.